The molecule has 128 valence electrons. The smallest absolute Gasteiger partial charge is 0.295 e. The predicted molar refractivity (Wildman–Crippen MR) is 99.1 cm³/mol. The summed E-state index contributed by atoms with van der Waals surface area (Å²) in [6.07, 6.45) is 4.60. The van der Waals surface area contributed by atoms with E-state index < -0.39 is 4.92 Å². The topological polar surface area (TPSA) is 76.0 Å². The molecule has 0 fully saturated rings. The van der Waals surface area contributed by atoms with Crippen LogP contribution in [0.2, 0.25) is 10.0 Å². The van der Waals surface area contributed by atoms with Crippen LogP contribution in [-0.4, -0.2) is 16.2 Å². The standard InChI is InChI=1S/C10H6Cl2N2O2.C8H8O/c11-8-3-1-2-6(10(8)14(15)16)7-4-13-5-9(7)12;9-7-6-8-4-2-1-3-5-8/h1-5,13H;1-5,7H,6H2. The number of hydrogen-bond acceptors (Lipinski definition) is 3. The number of aromatic nitrogens is 1. The molecule has 0 unspecified atom stereocenters. The maximum atomic E-state index is 10.9. The second kappa shape index (κ2) is 9.01. The molecule has 25 heavy (non-hydrogen) atoms. The molecule has 2 aromatic carbocycles. The van der Waals surface area contributed by atoms with Gasteiger partial charge in [-0.15, -0.1) is 0 Å². The quantitative estimate of drug-likeness (QED) is 0.380. The molecule has 0 aliphatic heterocycles. The Hall–Kier alpha value is -2.63. The highest BCUT2D eigenvalue weighted by atomic mass is 35.5. The summed E-state index contributed by atoms with van der Waals surface area (Å²) in [6, 6.07) is 14.4. The molecule has 0 amide bonds. The molecular weight excluding hydrogens is 363 g/mol. The summed E-state index contributed by atoms with van der Waals surface area (Å²) in [7, 11) is 0. The Kier molecular flexibility index (Phi) is 6.74. The highest BCUT2D eigenvalue weighted by Crippen LogP contribution is 2.38. The molecule has 1 aromatic heterocycles. The zero-order chi connectivity index (χ0) is 18.2. The second-order valence-electron chi connectivity index (χ2n) is 4.97. The van der Waals surface area contributed by atoms with E-state index in [9.17, 15) is 14.9 Å². The second-order valence-corrected chi connectivity index (χ2v) is 5.78. The van der Waals surface area contributed by atoms with Crippen molar-refractivity contribution < 1.29 is 9.72 Å². The first-order chi connectivity index (χ1) is 12.0. The SMILES string of the molecule is O=CCc1ccccc1.O=[N+]([O-])c1c(Cl)cccc1-c1c[nH]cc1Cl. The third-order valence-corrected chi connectivity index (χ3v) is 3.93. The summed E-state index contributed by atoms with van der Waals surface area (Å²) in [5, 5.41) is 11.4. The number of nitro groups is 1. The molecule has 0 saturated heterocycles. The van der Waals surface area contributed by atoms with Crippen molar-refractivity contribution in [3.05, 3.63) is 86.6 Å². The number of H-pyrrole nitrogens is 1. The van der Waals surface area contributed by atoms with Crippen molar-refractivity contribution in [2.45, 2.75) is 6.42 Å². The molecule has 5 nitrogen and oxygen atoms in total. The summed E-state index contributed by atoms with van der Waals surface area (Å²) in [5.41, 5.74) is 1.91. The third kappa shape index (κ3) is 4.92. The van der Waals surface area contributed by atoms with E-state index >= 15 is 0 Å². The minimum absolute atomic E-state index is 0.0970. The molecule has 1 heterocycles. The van der Waals surface area contributed by atoms with Crippen LogP contribution in [0.25, 0.3) is 11.1 Å². The zero-order valence-electron chi connectivity index (χ0n) is 13.0. The highest BCUT2D eigenvalue weighted by Gasteiger charge is 2.21. The normalized spacial score (nSPS) is 9.84. The molecule has 3 aromatic rings. The van der Waals surface area contributed by atoms with Gasteiger partial charge < -0.3 is 9.78 Å². The van der Waals surface area contributed by atoms with Gasteiger partial charge in [-0.05, 0) is 17.7 Å². The van der Waals surface area contributed by atoms with E-state index in [4.69, 9.17) is 23.2 Å². The molecule has 0 bridgehead atoms. The number of para-hydroxylation sites is 1. The van der Waals surface area contributed by atoms with Gasteiger partial charge in [0.1, 0.15) is 11.3 Å². The van der Waals surface area contributed by atoms with Gasteiger partial charge >= 0.3 is 0 Å². The minimum atomic E-state index is -0.513. The van der Waals surface area contributed by atoms with Crippen LogP contribution in [0.15, 0.2) is 60.9 Å². The number of rotatable bonds is 4. The van der Waals surface area contributed by atoms with Crippen LogP contribution in [0, 0.1) is 10.1 Å². The van der Waals surface area contributed by atoms with Crippen molar-refractivity contribution in [3.63, 3.8) is 0 Å². The molecule has 0 aliphatic rings. The zero-order valence-corrected chi connectivity index (χ0v) is 14.5. The van der Waals surface area contributed by atoms with Gasteiger partial charge in [-0.25, -0.2) is 0 Å². The molecule has 0 radical (unpaired) electrons. The molecule has 0 atom stereocenters. The summed E-state index contributed by atoms with van der Waals surface area (Å²) >= 11 is 11.7. The Morgan fingerprint density at radius 1 is 0.960 bits per heavy atom. The van der Waals surface area contributed by atoms with Gasteiger partial charge in [0.15, 0.2) is 0 Å². The summed E-state index contributed by atoms with van der Waals surface area (Å²) in [5.74, 6) is 0. The molecule has 0 aliphatic carbocycles. The van der Waals surface area contributed by atoms with Crippen LogP contribution < -0.4 is 0 Å². The van der Waals surface area contributed by atoms with Crippen LogP contribution >= 0.6 is 23.2 Å². The van der Waals surface area contributed by atoms with Gasteiger partial charge in [0.05, 0.1) is 15.5 Å². The monoisotopic (exact) mass is 376 g/mol. The molecule has 3 rings (SSSR count). The van der Waals surface area contributed by atoms with Crippen LogP contribution in [-0.2, 0) is 11.2 Å². The fraction of sp³-hybridized carbons (Fsp3) is 0.0556. The first-order valence-corrected chi connectivity index (χ1v) is 8.03. The van der Waals surface area contributed by atoms with Crippen LogP contribution in [0.4, 0.5) is 5.69 Å². The first-order valence-electron chi connectivity index (χ1n) is 7.27. The van der Waals surface area contributed by atoms with Crippen molar-refractivity contribution in [2.75, 3.05) is 0 Å². The van der Waals surface area contributed by atoms with Crippen LogP contribution in [0.3, 0.4) is 0 Å². The lowest BCUT2D eigenvalue weighted by Crippen LogP contribution is -1.92. The predicted octanol–water partition coefficient (Wildman–Crippen LogP) is 5.32. The number of halogens is 2. The van der Waals surface area contributed by atoms with Gasteiger partial charge in [0.25, 0.3) is 5.69 Å². The molecule has 0 saturated carbocycles. The maximum absolute atomic E-state index is 10.9. The molecule has 1 N–H and O–H groups in total. The summed E-state index contributed by atoms with van der Waals surface area (Å²) in [6.45, 7) is 0. The maximum Gasteiger partial charge on any atom is 0.295 e. The largest absolute Gasteiger partial charge is 0.366 e. The van der Waals surface area contributed by atoms with E-state index in [0.717, 1.165) is 11.8 Å². The van der Waals surface area contributed by atoms with Gasteiger partial charge in [-0.1, -0.05) is 59.6 Å². The number of carbonyl (C=O) groups is 1. The Bertz CT molecular complexity index is 864. The van der Waals surface area contributed by atoms with Gasteiger partial charge in [0.2, 0.25) is 0 Å². The average Bonchev–Trinajstić information content (AvgIpc) is 3.02. The minimum Gasteiger partial charge on any atom is -0.366 e. The van der Waals surface area contributed by atoms with Gasteiger partial charge in [-0.2, -0.15) is 0 Å². The molecule has 0 spiro atoms. The van der Waals surface area contributed by atoms with E-state index in [1.54, 1.807) is 24.5 Å². The van der Waals surface area contributed by atoms with Crippen LogP contribution in [0.1, 0.15) is 5.56 Å². The number of nitrogens with one attached hydrogen (secondary N) is 1. The number of aromatic amines is 1. The van der Waals surface area contributed by atoms with Crippen molar-refractivity contribution in [1.82, 2.24) is 4.98 Å². The van der Waals surface area contributed by atoms with Crippen molar-refractivity contribution >= 4 is 35.2 Å². The lowest BCUT2D eigenvalue weighted by molar-refractivity contribution is -0.384. The first kappa shape index (κ1) is 18.7. The Labute approximate surface area is 154 Å². The fourth-order valence-electron chi connectivity index (χ4n) is 2.18. The van der Waals surface area contributed by atoms with E-state index in [1.165, 1.54) is 6.07 Å². The molecule has 7 heteroatoms. The van der Waals surface area contributed by atoms with E-state index in [1.807, 2.05) is 30.3 Å². The van der Waals surface area contributed by atoms with E-state index in [-0.39, 0.29) is 10.7 Å². The summed E-state index contributed by atoms with van der Waals surface area (Å²) in [4.78, 5) is 23.2. The third-order valence-electron chi connectivity index (χ3n) is 3.32. The number of nitrogens with zero attached hydrogens (tertiary/aromatic N) is 1. The number of nitro benzene ring substituents is 1. The average molecular weight is 377 g/mol. The van der Waals surface area contributed by atoms with Crippen LogP contribution in [0.5, 0.6) is 0 Å². The lowest BCUT2D eigenvalue weighted by Gasteiger charge is -2.02. The lowest BCUT2D eigenvalue weighted by atomic mass is 10.1. The number of benzene rings is 2. The number of aldehydes is 1. The van der Waals surface area contributed by atoms with Gasteiger partial charge in [-0.3, -0.25) is 10.1 Å². The fourth-order valence-corrected chi connectivity index (χ4v) is 2.64. The van der Waals surface area contributed by atoms with E-state index in [2.05, 4.69) is 4.98 Å². The van der Waals surface area contributed by atoms with Crippen molar-refractivity contribution in [3.8, 4) is 11.1 Å². The Morgan fingerprint density at radius 2 is 1.68 bits per heavy atom. The Balaban J connectivity index is 0.000000212. The summed E-state index contributed by atoms with van der Waals surface area (Å²) < 4.78 is 0. The Morgan fingerprint density at radius 3 is 2.24 bits per heavy atom. The van der Waals surface area contributed by atoms with Crippen molar-refractivity contribution in [1.29, 1.82) is 0 Å². The van der Waals surface area contributed by atoms with Gasteiger partial charge in [0, 0.05) is 24.4 Å². The highest BCUT2D eigenvalue weighted by molar-refractivity contribution is 6.35. The number of hydrogen-bond donors (Lipinski definition) is 1. The number of carbonyl (C=O) groups excluding carboxylic acids is 1. The van der Waals surface area contributed by atoms with Crippen molar-refractivity contribution in [2.24, 2.45) is 0 Å². The van der Waals surface area contributed by atoms with E-state index in [0.29, 0.717) is 22.6 Å². The molecular formula is C18H14Cl2N2O3.